The fourth-order valence-corrected chi connectivity index (χ4v) is 2.19. The Morgan fingerprint density at radius 1 is 1.30 bits per heavy atom. The summed E-state index contributed by atoms with van der Waals surface area (Å²) in [6.45, 7) is 2.43. The van der Waals surface area contributed by atoms with Gasteiger partial charge in [0.1, 0.15) is 0 Å². The van der Waals surface area contributed by atoms with Gasteiger partial charge in [0, 0.05) is 33.9 Å². The van der Waals surface area contributed by atoms with Crippen molar-refractivity contribution in [3.8, 4) is 0 Å². The number of rotatable bonds is 4. The Morgan fingerprint density at radius 2 is 2.05 bits per heavy atom. The Hall–Kier alpha value is -1.59. The second-order valence-corrected chi connectivity index (χ2v) is 5.61. The lowest BCUT2D eigenvalue weighted by Gasteiger charge is -2.09. The first kappa shape index (κ1) is 14.8. The lowest BCUT2D eigenvalue weighted by molar-refractivity contribution is -0.384. The van der Waals surface area contributed by atoms with Gasteiger partial charge in [-0.15, -0.1) is 0 Å². The topological polar surface area (TPSA) is 55.2 Å². The lowest BCUT2D eigenvalue weighted by Crippen LogP contribution is -2.01. The van der Waals surface area contributed by atoms with Crippen LogP contribution in [0.15, 0.2) is 40.9 Å². The summed E-state index contributed by atoms with van der Waals surface area (Å²) in [7, 11) is 0. The van der Waals surface area contributed by atoms with Crippen molar-refractivity contribution in [2.24, 2.45) is 0 Å². The molecule has 0 spiro atoms. The van der Waals surface area contributed by atoms with Crippen molar-refractivity contribution in [3.05, 3.63) is 67.1 Å². The number of halogens is 2. The van der Waals surface area contributed by atoms with Crippen molar-refractivity contribution in [1.82, 2.24) is 0 Å². The molecule has 0 aliphatic rings. The molecule has 0 saturated heterocycles. The standard InChI is InChI=1S/C14H12BrClN2O2/c1-9-6-11(2-4-13(9)15)17-8-10-7-12(18(19)20)3-5-14(10)16/h2-7,17H,8H2,1H3. The SMILES string of the molecule is Cc1cc(NCc2cc([N+](=O)[O-])ccc2Cl)ccc1Br. The number of nitro benzene ring substituents is 1. The van der Waals surface area contributed by atoms with E-state index in [1.165, 1.54) is 12.1 Å². The summed E-state index contributed by atoms with van der Waals surface area (Å²) in [5.41, 5.74) is 2.79. The molecule has 0 aliphatic carbocycles. The summed E-state index contributed by atoms with van der Waals surface area (Å²) < 4.78 is 1.04. The monoisotopic (exact) mass is 354 g/mol. The summed E-state index contributed by atoms with van der Waals surface area (Å²) >= 11 is 9.49. The molecule has 0 aliphatic heterocycles. The third kappa shape index (κ3) is 3.49. The van der Waals surface area contributed by atoms with Crippen LogP contribution in [0.5, 0.6) is 0 Å². The quantitative estimate of drug-likeness (QED) is 0.625. The fraction of sp³-hybridized carbons (Fsp3) is 0.143. The van der Waals surface area contributed by atoms with E-state index in [9.17, 15) is 10.1 Å². The Kier molecular flexibility index (Phi) is 4.62. The van der Waals surface area contributed by atoms with E-state index in [1.54, 1.807) is 6.07 Å². The van der Waals surface area contributed by atoms with Gasteiger partial charge in [-0.3, -0.25) is 10.1 Å². The molecule has 6 heteroatoms. The number of non-ortho nitro benzene ring substituents is 1. The van der Waals surface area contributed by atoms with Crippen LogP contribution in [-0.4, -0.2) is 4.92 Å². The summed E-state index contributed by atoms with van der Waals surface area (Å²) in [5.74, 6) is 0. The normalized spacial score (nSPS) is 10.3. The van der Waals surface area contributed by atoms with Gasteiger partial charge in [0.05, 0.1) is 4.92 Å². The molecule has 1 N–H and O–H groups in total. The Morgan fingerprint density at radius 3 is 2.70 bits per heavy atom. The summed E-state index contributed by atoms with van der Waals surface area (Å²) in [4.78, 5) is 10.3. The molecule has 0 radical (unpaired) electrons. The number of nitrogens with one attached hydrogen (secondary N) is 1. The molecule has 2 rings (SSSR count). The van der Waals surface area contributed by atoms with Gasteiger partial charge < -0.3 is 5.32 Å². The number of nitrogens with zero attached hydrogens (tertiary/aromatic N) is 1. The minimum atomic E-state index is -0.427. The van der Waals surface area contributed by atoms with Crippen LogP contribution >= 0.6 is 27.5 Å². The third-order valence-corrected chi connectivity index (χ3v) is 4.14. The van der Waals surface area contributed by atoms with Crippen LogP contribution < -0.4 is 5.32 Å². The van der Waals surface area contributed by atoms with Gasteiger partial charge in [0.25, 0.3) is 5.69 Å². The van der Waals surface area contributed by atoms with Crippen LogP contribution in [-0.2, 0) is 6.54 Å². The molecular formula is C14H12BrClN2O2. The Labute approximate surface area is 130 Å². The van der Waals surface area contributed by atoms with Crippen LogP contribution in [0.3, 0.4) is 0 Å². The molecule has 4 nitrogen and oxygen atoms in total. The van der Waals surface area contributed by atoms with E-state index >= 15 is 0 Å². The first-order valence-electron chi connectivity index (χ1n) is 5.90. The molecule has 0 heterocycles. The van der Waals surface area contributed by atoms with Gasteiger partial charge in [-0.2, -0.15) is 0 Å². The van der Waals surface area contributed by atoms with Crippen LogP contribution in [0.25, 0.3) is 0 Å². The number of hydrogen-bond donors (Lipinski definition) is 1. The molecule has 0 saturated carbocycles. The molecule has 104 valence electrons. The highest BCUT2D eigenvalue weighted by Gasteiger charge is 2.09. The zero-order valence-corrected chi connectivity index (χ0v) is 13.0. The number of nitro groups is 1. The fourth-order valence-electron chi connectivity index (χ4n) is 1.76. The number of aryl methyl sites for hydroxylation is 1. The maximum absolute atomic E-state index is 10.8. The molecule has 0 fully saturated rings. The van der Waals surface area contributed by atoms with Crippen LogP contribution in [0.2, 0.25) is 5.02 Å². The van der Waals surface area contributed by atoms with Crippen molar-refractivity contribution in [1.29, 1.82) is 0 Å². The first-order chi connectivity index (χ1) is 9.47. The van der Waals surface area contributed by atoms with E-state index in [0.29, 0.717) is 17.1 Å². The zero-order valence-electron chi connectivity index (χ0n) is 10.7. The minimum absolute atomic E-state index is 0.0400. The second kappa shape index (κ2) is 6.24. The highest BCUT2D eigenvalue weighted by Crippen LogP contribution is 2.24. The molecule has 2 aromatic rings. The maximum atomic E-state index is 10.8. The highest BCUT2D eigenvalue weighted by molar-refractivity contribution is 9.10. The van der Waals surface area contributed by atoms with E-state index in [-0.39, 0.29) is 5.69 Å². The molecule has 0 atom stereocenters. The van der Waals surface area contributed by atoms with E-state index in [2.05, 4.69) is 21.2 Å². The van der Waals surface area contributed by atoms with Gasteiger partial charge in [0.2, 0.25) is 0 Å². The highest BCUT2D eigenvalue weighted by atomic mass is 79.9. The summed E-state index contributed by atoms with van der Waals surface area (Å²) in [5, 5.41) is 14.5. The van der Waals surface area contributed by atoms with Crippen molar-refractivity contribution < 1.29 is 4.92 Å². The van der Waals surface area contributed by atoms with Gasteiger partial charge in [-0.05, 0) is 42.3 Å². The van der Waals surface area contributed by atoms with E-state index in [1.807, 2.05) is 25.1 Å². The van der Waals surface area contributed by atoms with Crippen molar-refractivity contribution in [3.63, 3.8) is 0 Å². The van der Waals surface area contributed by atoms with E-state index in [4.69, 9.17) is 11.6 Å². The summed E-state index contributed by atoms with van der Waals surface area (Å²) in [6.07, 6.45) is 0. The number of hydrogen-bond acceptors (Lipinski definition) is 3. The van der Waals surface area contributed by atoms with Crippen LogP contribution in [0, 0.1) is 17.0 Å². The maximum Gasteiger partial charge on any atom is 0.269 e. The molecule has 2 aromatic carbocycles. The van der Waals surface area contributed by atoms with Crippen LogP contribution in [0.1, 0.15) is 11.1 Å². The van der Waals surface area contributed by atoms with Crippen LogP contribution in [0.4, 0.5) is 11.4 Å². The van der Waals surface area contributed by atoms with Gasteiger partial charge in [-0.1, -0.05) is 27.5 Å². The smallest absolute Gasteiger partial charge is 0.269 e. The van der Waals surface area contributed by atoms with Crippen molar-refractivity contribution in [2.75, 3.05) is 5.32 Å². The predicted molar refractivity (Wildman–Crippen MR) is 84.3 cm³/mol. The average Bonchev–Trinajstić information content (AvgIpc) is 2.41. The molecular weight excluding hydrogens is 344 g/mol. The van der Waals surface area contributed by atoms with Crippen molar-refractivity contribution >= 4 is 38.9 Å². The predicted octanol–water partition coefficient (Wildman–Crippen LogP) is 4.93. The second-order valence-electron chi connectivity index (χ2n) is 4.35. The van der Waals surface area contributed by atoms with Gasteiger partial charge >= 0.3 is 0 Å². The zero-order chi connectivity index (χ0) is 14.7. The molecule has 0 unspecified atom stereocenters. The Bertz CT molecular complexity index is 662. The number of benzene rings is 2. The molecule has 20 heavy (non-hydrogen) atoms. The van der Waals surface area contributed by atoms with Gasteiger partial charge in [0.15, 0.2) is 0 Å². The largest absolute Gasteiger partial charge is 0.381 e. The minimum Gasteiger partial charge on any atom is -0.381 e. The molecule has 0 amide bonds. The average molecular weight is 356 g/mol. The van der Waals surface area contributed by atoms with E-state index < -0.39 is 4.92 Å². The molecule has 0 aromatic heterocycles. The summed E-state index contributed by atoms with van der Waals surface area (Å²) in [6, 6.07) is 10.3. The van der Waals surface area contributed by atoms with Gasteiger partial charge in [-0.25, -0.2) is 0 Å². The Balaban J connectivity index is 2.15. The first-order valence-corrected chi connectivity index (χ1v) is 7.07. The lowest BCUT2D eigenvalue weighted by atomic mass is 10.2. The molecule has 0 bridgehead atoms. The van der Waals surface area contributed by atoms with Crippen molar-refractivity contribution in [2.45, 2.75) is 13.5 Å². The van der Waals surface area contributed by atoms with E-state index in [0.717, 1.165) is 15.7 Å². The number of anilines is 1. The third-order valence-electron chi connectivity index (χ3n) is 2.88.